The molecule has 0 aromatic heterocycles. The maximum atomic E-state index is 14.2. The van der Waals surface area contributed by atoms with Crippen molar-refractivity contribution in [2.24, 2.45) is 0 Å². The van der Waals surface area contributed by atoms with E-state index in [9.17, 15) is 19.4 Å². The standard InChI is InChI=1S/C13H15FN2O4/c14-9-3-8-10(15-13(19)12(8)18)4-11(9)16-1-2-20-6-7(16)5-17/h3-4,7,12,17-18H,1-2,5-6H2,(H,15,19). The molecule has 20 heavy (non-hydrogen) atoms. The van der Waals surface area contributed by atoms with Crippen LogP contribution in [0.2, 0.25) is 0 Å². The zero-order valence-corrected chi connectivity index (χ0v) is 10.7. The van der Waals surface area contributed by atoms with Gasteiger partial charge in [-0.3, -0.25) is 4.79 Å². The number of rotatable bonds is 2. The average molecular weight is 282 g/mol. The Morgan fingerprint density at radius 2 is 2.30 bits per heavy atom. The molecule has 2 aliphatic heterocycles. The molecule has 3 N–H and O–H groups in total. The van der Waals surface area contributed by atoms with Crippen LogP contribution in [0.15, 0.2) is 12.1 Å². The van der Waals surface area contributed by atoms with Gasteiger partial charge in [-0.2, -0.15) is 0 Å². The quantitative estimate of drug-likeness (QED) is 0.712. The van der Waals surface area contributed by atoms with E-state index in [0.29, 0.717) is 31.1 Å². The minimum atomic E-state index is -1.33. The van der Waals surface area contributed by atoms with Gasteiger partial charge in [-0.05, 0) is 12.1 Å². The SMILES string of the molecule is O=C1Nc2cc(N3CCOCC3CO)c(F)cc2C1O. The number of benzene rings is 1. The number of amides is 1. The number of aliphatic hydroxyl groups excluding tert-OH is 2. The summed E-state index contributed by atoms with van der Waals surface area (Å²) >= 11 is 0. The normalized spacial score (nSPS) is 25.6. The highest BCUT2D eigenvalue weighted by Gasteiger charge is 2.32. The van der Waals surface area contributed by atoms with Gasteiger partial charge in [0.15, 0.2) is 6.10 Å². The summed E-state index contributed by atoms with van der Waals surface area (Å²) in [6, 6.07) is 2.34. The lowest BCUT2D eigenvalue weighted by Gasteiger charge is -2.36. The van der Waals surface area contributed by atoms with Gasteiger partial charge in [-0.25, -0.2) is 4.39 Å². The molecule has 1 amide bonds. The number of carbonyl (C=O) groups excluding carboxylic acids is 1. The first kappa shape index (κ1) is 13.3. The summed E-state index contributed by atoms with van der Waals surface area (Å²) in [5.41, 5.74) is 0.938. The van der Waals surface area contributed by atoms with Gasteiger partial charge in [-0.15, -0.1) is 0 Å². The Morgan fingerprint density at radius 3 is 3.05 bits per heavy atom. The fraction of sp³-hybridized carbons (Fsp3) is 0.462. The number of hydrogen-bond acceptors (Lipinski definition) is 5. The number of nitrogens with one attached hydrogen (secondary N) is 1. The van der Waals surface area contributed by atoms with Crippen molar-refractivity contribution in [1.29, 1.82) is 0 Å². The molecule has 2 unspecified atom stereocenters. The Morgan fingerprint density at radius 1 is 1.50 bits per heavy atom. The maximum absolute atomic E-state index is 14.2. The first-order chi connectivity index (χ1) is 9.61. The molecule has 2 atom stereocenters. The number of carbonyl (C=O) groups is 1. The number of morpholine rings is 1. The molecule has 0 aliphatic carbocycles. The zero-order chi connectivity index (χ0) is 14.3. The van der Waals surface area contributed by atoms with Crippen LogP contribution < -0.4 is 10.2 Å². The van der Waals surface area contributed by atoms with Crippen molar-refractivity contribution in [2.75, 3.05) is 36.6 Å². The van der Waals surface area contributed by atoms with Crippen molar-refractivity contribution in [3.05, 3.63) is 23.5 Å². The predicted octanol–water partition coefficient (Wildman–Crippen LogP) is 0.00870. The third-order valence-corrected chi connectivity index (χ3v) is 3.67. The van der Waals surface area contributed by atoms with Gasteiger partial charge >= 0.3 is 0 Å². The van der Waals surface area contributed by atoms with Crippen molar-refractivity contribution >= 4 is 17.3 Å². The van der Waals surface area contributed by atoms with E-state index in [4.69, 9.17) is 4.74 Å². The molecule has 0 saturated carbocycles. The molecule has 0 radical (unpaired) electrons. The van der Waals surface area contributed by atoms with Crippen molar-refractivity contribution < 1.29 is 24.1 Å². The number of aliphatic hydroxyl groups is 2. The maximum Gasteiger partial charge on any atom is 0.257 e. The van der Waals surface area contributed by atoms with Crippen LogP contribution in [0.5, 0.6) is 0 Å². The van der Waals surface area contributed by atoms with Crippen molar-refractivity contribution in [2.45, 2.75) is 12.1 Å². The fourth-order valence-electron chi connectivity index (χ4n) is 2.60. The first-order valence-corrected chi connectivity index (χ1v) is 6.39. The molecule has 7 heteroatoms. The summed E-state index contributed by atoms with van der Waals surface area (Å²) in [5, 5.41) is 21.5. The van der Waals surface area contributed by atoms with Crippen molar-refractivity contribution in [3.8, 4) is 0 Å². The van der Waals surface area contributed by atoms with E-state index in [1.54, 1.807) is 4.90 Å². The van der Waals surface area contributed by atoms with E-state index in [0.717, 1.165) is 6.07 Å². The van der Waals surface area contributed by atoms with Crippen LogP contribution in [0, 0.1) is 5.82 Å². The van der Waals surface area contributed by atoms with Gasteiger partial charge in [0.2, 0.25) is 0 Å². The largest absolute Gasteiger partial charge is 0.394 e. The number of hydrogen-bond donors (Lipinski definition) is 3. The summed E-state index contributed by atoms with van der Waals surface area (Å²) in [4.78, 5) is 13.1. The number of nitrogens with zero attached hydrogens (tertiary/aromatic N) is 1. The molecule has 0 bridgehead atoms. The van der Waals surface area contributed by atoms with Gasteiger partial charge in [0.25, 0.3) is 5.91 Å². The molecule has 1 aromatic rings. The molecular weight excluding hydrogens is 267 g/mol. The van der Waals surface area contributed by atoms with Crippen LogP contribution in [0.25, 0.3) is 0 Å². The van der Waals surface area contributed by atoms with E-state index >= 15 is 0 Å². The smallest absolute Gasteiger partial charge is 0.257 e. The summed E-state index contributed by atoms with van der Waals surface area (Å²) in [5.74, 6) is -1.09. The van der Waals surface area contributed by atoms with E-state index in [2.05, 4.69) is 5.32 Å². The van der Waals surface area contributed by atoms with Gasteiger partial charge in [0.1, 0.15) is 5.82 Å². The molecule has 3 rings (SSSR count). The Balaban J connectivity index is 1.99. The molecule has 6 nitrogen and oxygen atoms in total. The Labute approximate surface area is 114 Å². The topological polar surface area (TPSA) is 82.0 Å². The highest BCUT2D eigenvalue weighted by molar-refractivity contribution is 6.02. The second kappa shape index (κ2) is 5.01. The van der Waals surface area contributed by atoms with E-state index in [1.807, 2.05) is 0 Å². The van der Waals surface area contributed by atoms with Gasteiger partial charge in [-0.1, -0.05) is 0 Å². The minimum absolute atomic E-state index is 0.147. The highest BCUT2D eigenvalue weighted by Crippen LogP contribution is 2.36. The lowest BCUT2D eigenvalue weighted by molar-refractivity contribution is -0.123. The van der Waals surface area contributed by atoms with Crippen molar-refractivity contribution in [1.82, 2.24) is 0 Å². The van der Waals surface area contributed by atoms with Crippen LogP contribution in [-0.4, -0.2) is 48.5 Å². The summed E-state index contributed by atoms with van der Waals surface area (Å²) in [6.45, 7) is 1.08. The van der Waals surface area contributed by atoms with Gasteiger partial charge in [0, 0.05) is 17.8 Å². The summed E-state index contributed by atoms with van der Waals surface area (Å²) < 4.78 is 19.5. The molecule has 1 aromatic carbocycles. The van der Waals surface area contributed by atoms with Crippen LogP contribution in [0.4, 0.5) is 15.8 Å². The second-order valence-electron chi connectivity index (χ2n) is 4.89. The lowest BCUT2D eigenvalue weighted by Crippen LogP contribution is -2.48. The van der Waals surface area contributed by atoms with Crippen molar-refractivity contribution in [3.63, 3.8) is 0 Å². The second-order valence-corrected chi connectivity index (χ2v) is 4.89. The monoisotopic (exact) mass is 282 g/mol. The molecular formula is C13H15FN2O4. The predicted molar refractivity (Wildman–Crippen MR) is 69.0 cm³/mol. The Bertz CT molecular complexity index is 551. The highest BCUT2D eigenvalue weighted by atomic mass is 19.1. The van der Waals surface area contributed by atoms with E-state index in [-0.39, 0.29) is 18.2 Å². The van der Waals surface area contributed by atoms with Crippen LogP contribution in [-0.2, 0) is 9.53 Å². The van der Waals surface area contributed by atoms with E-state index < -0.39 is 17.8 Å². The average Bonchev–Trinajstić information content (AvgIpc) is 2.73. The third-order valence-electron chi connectivity index (χ3n) is 3.67. The Kier molecular flexibility index (Phi) is 3.33. The van der Waals surface area contributed by atoms with Crippen LogP contribution in [0.3, 0.4) is 0 Å². The van der Waals surface area contributed by atoms with Gasteiger partial charge in [0.05, 0.1) is 31.5 Å². The lowest BCUT2D eigenvalue weighted by atomic mass is 10.1. The molecule has 108 valence electrons. The Hall–Kier alpha value is -1.70. The van der Waals surface area contributed by atoms with Gasteiger partial charge < -0.3 is 25.2 Å². The van der Waals surface area contributed by atoms with E-state index in [1.165, 1.54) is 6.07 Å². The summed E-state index contributed by atoms with van der Waals surface area (Å²) in [6.07, 6.45) is -1.33. The number of ether oxygens (including phenoxy) is 1. The molecule has 0 spiro atoms. The number of fused-ring (bicyclic) bond motifs is 1. The zero-order valence-electron chi connectivity index (χ0n) is 10.7. The third kappa shape index (κ3) is 2.04. The molecule has 1 fully saturated rings. The first-order valence-electron chi connectivity index (χ1n) is 6.39. The van der Waals surface area contributed by atoms with Crippen LogP contribution >= 0.6 is 0 Å². The summed E-state index contributed by atoms with van der Waals surface area (Å²) in [7, 11) is 0. The molecule has 2 heterocycles. The van der Waals surface area contributed by atoms with Crippen LogP contribution in [0.1, 0.15) is 11.7 Å². The fourth-order valence-corrected chi connectivity index (χ4v) is 2.60. The number of anilines is 2. The minimum Gasteiger partial charge on any atom is -0.394 e. The molecule has 1 saturated heterocycles. The molecule has 2 aliphatic rings. The number of halogens is 1.